The highest BCUT2D eigenvalue weighted by Crippen LogP contribution is 2.17. The molecule has 0 amide bonds. The zero-order valence-corrected chi connectivity index (χ0v) is 10.5. The Morgan fingerprint density at radius 1 is 1.20 bits per heavy atom. The SMILES string of the molecule is CCC(C#N)N1CCN(C(C)(C)C)CC1. The fourth-order valence-electron chi connectivity index (χ4n) is 2.14. The molecule has 0 N–H and O–H groups in total. The first-order valence-corrected chi connectivity index (χ1v) is 5.87. The second-order valence-electron chi connectivity index (χ2n) is 5.25. The Kier molecular flexibility index (Phi) is 4.12. The van der Waals surface area contributed by atoms with E-state index in [2.05, 4.69) is 43.6 Å². The van der Waals surface area contributed by atoms with Crippen LogP contribution in [0.15, 0.2) is 0 Å². The van der Waals surface area contributed by atoms with Crippen molar-refractivity contribution in [2.45, 2.75) is 45.7 Å². The van der Waals surface area contributed by atoms with E-state index in [1.54, 1.807) is 0 Å². The van der Waals surface area contributed by atoms with E-state index in [1.165, 1.54) is 0 Å². The molecule has 0 aromatic rings. The molecule has 1 aliphatic rings. The van der Waals surface area contributed by atoms with Crippen LogP contribution in [-0.2, 0) is 0 Å². The molecule has 0 aromatic carbocycles. The minimum absolute atomic E-state index is 0.118. The molecule has 0 aromatic heterocycles. The maximum Gasteiger partial charge on any atom is 0.0976 e. The van der Waals surface area contributed by atoms with Crippen molar-refractivity contribution in [3.63, 3.8) is 0 Å². The summed E-state index contributed by atoms with van der Waals surface area (Å²) in [5.41, 5.74) is 0.264. The lowest BCUT2D eigenvalue weighted by atomic mass is 10.0. The number of nitrogens with zero attached hydrogens (tertiary/aromatic N) is 3. The molecule has 1 atom stereocenters. The van der Waals surface area contributed by atoms with Gasteiger partial charge in [-0.05, 0) is 27.2 Å². The zero-order valence-electron chi connectivity index (χ0n) is 10.5. The molecule has 3 nitrogen and oxygen atoms in total. The van der Waals surface area contributed by atoms with Crippen LogP contribution in [0, 0.1) is 11.3 Å². The third-order valence-electron chi connectivity index (χ3n) is 3.24. The first kappa shape index (κ1) is 12.5. The van der Waals surface area contributed by atoms with Crippen LogP contribution in [0.1, 0.15) is 34.1 Å². The summed E-state index contributed by atoms with van der Waals surface area (Å²) < 4.78 is 0. The largest absolute Gasteiger partial charge is 0.296 e. The van der Waals surface area contributed by atoms with Crippen molar-refractivity contribution >= 4 is 0 Å². The fourth-order valence-corrected chi connectivity index (χ4v) is 2.14. The zero-order chi connectivity index (χ0) is 11.5. The highest BCUT2D eigenvalue weighted by atomic mass is 15.3. The van der Waals surface area contributed by atoms with Gasteiger partial charge in [-0.1, -0.05) is 6.92 Å². The smallest absolute Gasteiger partial charge is 0.0976 e. The van der Waals surface area contributed by atoms with E-state index in [0.717, 1.165) is 32.6 Å². The summed E-state index contributed by atoms with van der Waals surface area (Å²) in [6, 6.07) is 2.50. The second-order valence-corrected chi connectivity index (χ2v) is 5.25. The van der Waals surface area contributed by atoms with E-state index in [-0.39, 0.29) is 11.6 Å². The molecule has 86 valence electrons. The molecular weight excluding hydrogens is 186 g/mol. The topological polar surface area (TPSA) is 30.3 Å². The Hall–Kier alpha value is -0.590. The van der Waals surface area contributed by atoms with Crippen molar-refractivity contribution < 1.29 is 0 Å². The van der Waals surface area contributed by atoms with E-state index < -0.39 is 0 Å². The van der Waals surface area contributed by atoms with Crippen LogP contribution in [-0.4, -0.2) is 47.6 Å². The monoisotopic (exact) mass is 209 g/mol. The fraction of sp³-hybridized carbons (Fsp3) is 0.917. The molecule has 0 radical (unpaired) electrons. The summed E-state index contributed by atoms with van der Waals surface area (Å²) in [4.78, 5) is 4.80. The van der Waals surface area contributed by atoms with Crippen LogP contribution in [0.2, 0.25) is 0 Å². The van der Waals surface area contributed by atoms with Crippen molar-refractivity contribution in [3.8, 4) is 6.07 Å². The molecule has 1 aliphatic heterocycles. The van der Waals surface area contributed by atoms with E-state index in [1.807, 2.05) is 0 Å². The lowest BCUT2D eigenvalue weighted by Crippen LogP contribution is -2.55. The van der Waals surface area contributed by atoms with E-state index in [0.29, 0.717) is 0 Å². The molecule has 1 heterocycles. The highest BCUT2D eigenvalue weighted by Gasteiger charge is 2.28. The van der Waals surface area contributed by atoms with Gasteiger partial charge in [0.2, 0.25) is 0 Å². The van der Waals surface area contributed by atoms with Crippen molar-refractivity contribution in [1.29, 1.82) is 5.26 Å². The van der Waals surface area contributed by atoms with Crippen LogP contribution in [0.3, 0.4) is 0 Å². The van der Waals surface area contributed by atoms with Gasteiger partial charge in [0.25, 0.3) is 0 Å². The summed E-state index contributed by atoms with van der Waals surface area (Å²) in [5, 5.41) is 9.00. The van der Waals surface area contributed by atoms with Crippen molar-refractivity contribution in [2.24, 2.45) is 0 Å². The van der Waals surface area contributed by atoms with E-state index in [4.69, 9.17) is 5.26 Å². The molecule has 1 fully saturated rings. The molecular formula is C12H23N3. The van der Waals surface area contributed by atoms with Gasteiger partial charge in [-0.25, -0.2) is 0 Å². The van der Waals surface area contributed by atoms with Crippen molar-refractivity contribution in [1.82, 2.24) is 9.80 Å². The van der Waals surface area contributed by atoms with Gasteiger partial charge >= 0.3 is 0 Å². The minimum atomic E-state index is 0.118. The van der Waals surface area contributed by atoms with Crippen LogP contribution in [0.5, 0.6) is 0 Å². The Labute approximate surface area is 93.7 Å². The summed E-state index contributed by atoms with van der Waals surface area (Å²) in [5.74, 6) is 0. The lowest BCUT2D eigenvalue weighted by Gasteiger charge is -2.43. The third kappa shape index (κ3) is 3.19. The molecule has 1 unspecified atom stereocenters. The maximum atomic E-state index is 9.00. The van der Waals surface area contributed by atoms with Crippen LogP contribution >= 0.6 is 0 Å². The Morgan fingerprint density at radius 2 is 1.73 bits per heavy atom. The van der Waals surface area contributed by atoms with Gasteiger partial charge in [0.15, 0.2) is 0 Å². The van der Waals surface area contributed by atoms with Gasteiger partial charge in [-0.3, -0.25) is 9.80 Å². The Morgan fingerprint density at radius 3 is 2.07 bits per heavy atom. The summed E-state index contributed by atoms with van der Waals surface area (Å²) >= 11 is 0. The van der Waals surface area contributed by atoms with Gasteiger partial charge in [-0.15, -0.1) is 0 Å². The van der Waals surface area contributed by atoms with Crippen LogP contribution < -0.4 is 0 Å². The summed E-state index contributed by atoms with van der Waals surface area (Å²) in [6.07, 6.45) is 0.937. The molecule has 3 heteroatoms. The average Bonchev–Trinajstić information content (AvgIpc) is 2.19. The van der Waals surface area contributed by atoms with Crippen LogP contribution in [0.4, 0.5) is 0 Å². The number of hydrogen-bond donors (Lipinski definition) is 0. The molecule has 0 saturated carbocycles. The van der Waals surface area contributed by atoms with E-state index >= 15 is 0 Å². The number of rotatable bonds is 2. The molecule has 0 aliphatic carbocycles. The van der Waals surface area contributed by atoms with Gasteiger partial charge in [0.05, 0.1) is 12.1 Å². The Bertz CT molecular complexity index is 228. The summed E-state index contributed by atoms with van der Waals surface area (Å²) in [7, 11) is 0. The second kappa shape index (κ2) is 4.96. The molecule has 15 heavy (non-hydrogen) atoms. The van der Waals surface area contributed by atoms with Gasteiger partial charge in [0, 0.05) is 31.7 Å². The Balaban J connectivity index is 2.46. The molecule has 1 rings (SSSR count). The highest BCUT2D eigenvalue weighted by molar-refractivity contribution is 4.93. The first-order valence-electron chi connectivity index (χ1n) is 5.87. The number of piperazine rings is 1. The first-order chi connectivity index (χ1) is 6.99. The maximum absolute atomic E-state index is 9.00. The minimum Gasteiger partial charge on any atom is -0.296 e. The standard InChI is InChI=1S/C12H23N3/c1-5-11(10-13)14-6-8-15(9-7-14)12(2,3)4/h11H,5-9H2,1-4H3. The van der Waals surface area contributed by atoms with Gasteiger partial charge in [-0.2, -0.15) is 5.26 Å². The van der Waals surface area contributed by atoms with Gasteiger partial charge < -0.3 is 0 Å². The van der Waals surface area contributed by atoms with Crippen LogP contribution in [0.25, 0.3) is 0 Å². The van der Waals surface area contributed by atoms with Crippen molar-refractivity contribution in [2.75, 3.05) is 26.2 Å². The molecule has 0 spiro atoms. The number of hydrogen-bond acceptors (Lipinski definition) is 3. The lowest BCUT2D eigenvalue weighted by molar-refractivity contribution is 0.0515. The quantitative estimate of drug-likeness (QED) is 0.693. The third-order valence-corrected chi connectivity index (χ3v) is 3.24. The average molecular weight is 209 g/mol. The normalized spacial score (nSPS) is 22.3. The molecule has 1 saturated heterocycles. The van der Waals surface area contributed by atoms with Crippen molar-refractivity contribution in [3.05, 3.63) is 0 Å². The predicted molar refractivity (Wildman–Crippen MR) is 62.6 cm³/mol. The van der Waals surface area contributed by atoms with E-state index in [9.17, 15) is 0 Å². The predicted octanol–water partition coefficient (Wildman–Crippen LogP) is 1.70. The van der Waals surface area contributed by atoms with Gasteiger partial charge in [0.1, 0.15) is 0 Å². The molecule has 0 bridgehead atoms. The summed E-state index contributed by atoms with van der Waals surface area (Å²) in [6.45, 7) is 13.1. The number of nitriles is 1.